The number of hydrogen-bond acceptors (Lipinski definition) is 4. The Hall–Kier alpha value is -1.84. The van der Waals surface area contributed by atoms with Gasteiger partial charge in [-0.25, -0.2) is 4.79 Å². The highest BCUT2D eigenvalue weighted by Crippen LogP contribution is 2.00. The monoisotopic (exact) mass is 193 g/mol. The van der Waals surface area contributed by atoms with Crippen LogP contribution < -0.4 is 0 Å². The van der Waals surface area contributed by atoms with Gasteiger partial charge in [0, 0.05) is 0 Å². The van der Waals surface area contributed by atoms with Crippen molar-refractivity contribution < 1.29 is 19.1 Å². The minimum absolute atomic E-state index is 0.170. The first-order valence-electron chi connectivity index (χ1n) is 4.01. The van der Waals surface area contributed by atoms with Gasteiger partial charge in [0.2, 0.25) is 6.79 Å². The molecule has 0 N–H and O–H groups in total. The lowest BCUT2D eigenvalue weighted by Gasteiger charge is -2.02. The molecule has 0 saturated carbocycles. The van der Waals surface area contributed by atoms with Crippen LogP contribution in [0.15, 0.2) is 30.3 Å². The Labute approximate surface area is 81.4 Å². The zero-order valence-electron chi connectivity index (χ0n) is 7.43. The maximum Gasteiger partial charge on any atom is 0.420 e. The van der Waals surface area contributed by atoms with Crippen LogP contribution in [0.5, 0.6) is 0 Å². The zero-order chi connectivity index (χ0) is 10.2. The van der Waals surface area contributed by atoms with Gasteiger partial charge in [-0.3, -0.25) is 4.79 Å². The highest BCUT2D eigenvalue weighted by molar-refractivity contribution is 5.72. The first kappa shape index (κ1) is 10.2. The van der Waals surface area contributed by atoms with E-state index in [4.69, 9.17) is 0 Å². The third-order valence-corrected chi connectivity index (χ3v) is 1.53. The summed E-state index contributed by atoms with van der Waals surface area (Å²) in [4.78, 5) is 20.7. The summed E-state index contributed by atoms with van der Waals surface area (Å²) in [6.07, 6.45) is 0.170. The minimum atomic E-state index is -0.438. The van der Waals surface area contributed by atoms with Gasteiger partial charge in [0.05, 0.1) is 6.42 Å². The Morgan fingerprint density at radius 2 is 2.00 bits per heavy atom. The van der Waals surface area contributed by atoms with E-state index in [0.717, 1.165) is 12.0 Å². The summed E-state index contributed by atoms with van der Waals surface area (Å²) in [7, 11) is 0. The summed E-state index contributed by atoms with van der Waals surface area (Å²) in [5, 5.41) is 0. The molecule has 0 spiro atoms. The Morgan fingerprint density at radius 1 is 1.29 bits per heavy atom. The van der Waals surface area contributed by atoms with E-state index in [-0.39, 0.29) is 13.2 Å². The fourth-order valence-electron chi connectivity index (χ4n) is 0.933. The molecule has 0 aliphatic carbocycles. The normalized spacial score (nSPS) is 9.14. The fourth-order valence-corrected chi connectivity index (χ4v) is 0.933. The van der Waals surface area contributed by atoms with Crippen LogP contribution >= 0.6 is 0 Å². The summed E-state index contributed by atoms with van der Waals surface area (Å²) in [6.45, 7) is 0.780. The van der Waals surface area contributed by atoms with Crippen LogP contribution in [0.1, 0.15) is 5.56 Å². The largest absolute Gasteiger partial charge is 0.428 e. The molecule has 0 amide bonds. The number of benzene rings is 1. The van der Waals surface area contributed by atoms with Gasteiger partial charge in [-0.2, -0.15) is 0 Å². The summed E-state index contributed by atoms with van der Waals surface area (Å²) in [5.74, 6) is -0.438. The van der Waals surface area contributed by atoms with Crippen molar-refractivity contribution >= 4 is 12.4 Å². The predicted octanol–water partition coefficient (Wildman–Crippen LogP) is 0.814. The average molecular weight is 193 g/mol. The van der Waals surface area contributed by atoms with Crippen LogP contribution in [0.25, 0.3) is 0 Å². The van der Waals surface area contributed by atoms with Gasteiger partial charge in [0.15, 0.2) is 0 Å². The third-order valence-electron chi connectivity index (χ3n) is 1.53. The molecule has 1 rings (SSSR count). The molecule has 1 aromatic carbocycles. The molecule has 0 atom stereocenters. The topological polar surface area (TPSA) is 52.6 Å². The minimum Gasteiger partial charge on any atom is -0.428 e. The number of carbonyl (C=O) groups excluding carboxylic acids is 2. The lowest BCUT2D eigenvalue weighted by Crippen LogP contribution is -2.10. The summed E-state index contributed by atoms with van der Waals surface area (Å²) in [5.41, 5.74) is 0.854. The van der Waals surface area contributed by atoms with Gasteiger partial charge in [-0.1, -0.05) is 30.3 Å². The second-order valence-electron chi connectivity index (χ2n) is 2.52. The van der Waals surface area contributed by atoms with Crippen molar-refractivity contribution in [1.29, 1.82) is 0 Å². The standard InChI is InChI=1S/C10H9O4/c11-7-13-8-14-10(12)6-9-4-2-1-3-5-9/h1-5H,6,8H2. The van der Waals surface area contributed by atoms with Crippen molar-refractivity contribution in [2.24, 2.45) is 0 Å². The molecular formula is C10H9O4. The average Bonchev–Trinajstić information content (AvgIpc) is 2.20. The predicted molar refractivity (Wildman–Crippen MR) is 47.9 cm³/mol. The molecule has 14 heavy (non-hydrogen) atoms. The Balaban J connectivity index is 2.31. The molecule has 1 aromatic rings. The van der Waals surface area contributed by atoms with Crippen molar-refractivity contribution in [1.82, 2.24) is 0 Å². The van der Waals surface area contributed by atoms with Gasteiger partial charge in [-0.15, -0.1) is 0 Å². The molecule has 0 fully saturated rings. The third kappa shape index (κ3) is 3.71. The molecule has 1 radical (unpaired) electrons. The van der Waals surface area contributed by atoms with Crippen LogP contribution in [-0.2, 0) is 25.5 Å². The number of hydrogen-bond donors (Lipinski definition) is 0. The molecule has 0 bridgehead atoms. The van der Waals surface area contributed by atoms with Crippen LogP contribution in [0.3, 0.4) is 0 Å². The van der Waals surface area contributed by atoms with E-state index in [1.54, 1.807) is 0 Å². The lowest BCUT2D eigenvalue weighted by molar-refractivity contribution is -0.150. The smallest absolute Gasteiger partial charge is 0.420 e. The SMILES string of the molecule is O=[C]OCOC(=O)Cc1ccccc1. The van der Waals surface area contributed by atoms with E-state index < -0.39 is 5.97 Å². The first-order chi connectivity index (χ1) is 6.83. The van der Waals surface area contributed by atoms with Crippen molar-refractivity contribution in [3.63, 3.8) is 0 Å². The second-order valence-corrected chi connectivity index (χ2v) is 2.52. The van der Waals surface area contributed by atoms with Gasteiger partial charge in [-0.05, 0) is 5.56 Å². The van der Waals surface area contributed by atoms with E-state index >= 15 is 0 Å². The molecule has 0 aliphatic rings. The van der Waals surface area contributed by atoms with E-state index in [1.807, 2.05) is 30.3 Å². The Morgan fingerprint density at radius 3 is 2.64 bits per heavy atom. The Kier molecular flexibility index (Phi) is 4.20. The number of ether oxygens (including phenoxy) is 2. The van der Waals surface area contributed by atoms with Crippen LogP contribution in [0, 0.1) is 0 Å². The molecule has 0 aromatic heterocycles. The van der Waals surface area contributed by atoms with Crippen molar-refractivity contribution in [3.05, 3.63) is 35.9 Å². The molecular weight excluding hydrogens is 184 g/mol. The maximum atomic E-state index is 11.1. The summed E-state index contributed by atoms with van der Waals surface area (Å²) in [6, 6.07) is 9.15. The Bertz CT molecular complexity index is 294. The van der Waals surface area contributed by atoms with Crippen molar-refractivity contribution in [2.45, 2.75) is 6.42 Å². The highest BCUT2D eigenvalue weighted by atomic mass is 16.7. The van der Waals surface area contributed by atoms with Gasteiger partial charge in [0.25, 0.3) is 0 Å². The number of carbonyl (C=O) groups is 1. The van der Waals surface area contributed by atoms with Gasteiger partial charge in [0.1, 0.15) is 0 Å². The lowest BCUT2D eigenvalue weighted by atomic mass is 10.2. The zero-order valence-corrected chi connectivity index (χ0v) is 7.43. The molecule has 73 valence electrons. The van der Waals surface area contributed by atoms with E-state index in [0.29, 0.717) is 0 Å². The van der Waals surface area contributed by atoms with Crippen LogP contribution in [0.4, 0.5) is 0 Å². The number of esters is 1. The van der Waals surface area contributed by atoms with Gasteiger partial charge < -0.3 is 9.47 Å². The maximum absolute atomic E-state index is 11.1. The molecule has 4 nitrogen and oxygen atoms in total. The van der Waals surface area contributed by atoms with Crippen LogP contribution in [0.2, 0.25) is 0 Å². The summed E-state index contributed by atoms with van der Waals surface area (Å²) < 4.78 is 8.66. The van der Waals surface area contributed by atoms with Gasteiger partial charge >= 0.3 is 12.4 Å². The van der Waals surface area contributed by atoms with E-state index in [2.05, 4.69) is 9.47 Å². The quantitative estimate of drug-likeness (QED) is 0.394. The van der Waals surface area contributed by atoms with Crippen molar-refractivity contribution in [3.8, 4) is 0 Å². The highest BCUT2D eigenvalue weighted by Gasteiger charge is 2.03. The van der Waals surface area contributed by atoms with E-state index in [1.165, 1.54) is 0 Å². The molecule has 0 unspecified atom stereocenters. The molecule has 0 aliphatic heterocycles. The summed E-state index contributed by atoms with van der Waals surface area (Å²) >= 11 is 0. The van der Waals surface area contributed by atoms with Crippen molar-refractivity contribution in [2.75, 3.05) is 6.79 Å². The fraction of sp³-hybridized carbons (Fsp3) is 0.200. The second kappa shape index (κ2) is 5.75. The molecule has 4 heteroatoms. The molecule has 0 heterocycles. The van der Waals surface area contributed by atoms with Crippen LogP contribution in [-0.4, -0.2) is 19.2 Å². The number of rotatable bonds is 5. The van der Waals surface area contributed by atoms with E-state index in [9.17, 15) is 9.59 Å². The molecule has 0 saturated heterocycles. The first-order valence-corrected chi connectivity index (χ1v) is 4.01.